The zero-order valence-corrected chi connectivity index (χ0v) is 11.7. The molecule has 0 aromatic carbocycles. The van der Waals surface area contributed by atoms with E-state index in [4.69, 9.17) is 5.73 Å². The Hall–Kier alpha value is -0.610. The summed E-state index contributed by atoms with van der Waals surface area (Å²) in [6, 6.07) is 0. The van der Waals surface area contributed by atoms with Gasteiger partial charge in [0.05, 0.1) is 0 Å². The van der Waals surface area contributed by atoms with Crippen LogP contribution in [0, 0.1) is 11.8 Å². The highest BCUT2D eigenvalue weighted by Crippen LogP contribution is 2.42. The third-order valence-corrected chi connectivity index (χ3v) is 4.85. The van der Waals surface area contributed by atoms with Crippen LogP contribution < -0.4 is 11.1 Å². The first-order valence-corrected chi connectivity index (χ1v) is 7.34. The van der Waals surface area contributed by atoms with E-state index in [0.29, 0.717) is 11.8 Å². The smallest absolute Gasteiger partial charge is 0.238 e. The van der Waals surface area contributed by atoms with Crippen LogP contribution in [-0.2, 0) is 4.79 Å². The SMILES string of the molecule is CC(C)C1CCCCC1(C(N)=O)N1CCNCC1. The number of nitrogens with one attached hydrogen (secondary N) is 1. The van der Waals surface area contributed by atoms with Crippen molar-refractivity contribution in [3.63, 3.8) is 0 Å². The fourth-order valence-corrected chi connectivity index (χ4v) is 3.99. The van der Waals surface area contributed by atoms with Crippen molar-refractivity contribution in [2.75, 3.05) is 26.2 Å². The van der Waals surface area contributed by atoms with Crippen LogP contribution in [0.25, 0.3) is 0 Å². The van der Waals surface area contributed by atoms with Gasteiger partial charge in [0.15, 0.2) is 0 Å². The van der Waals surface area contributed by atoms with E-state index in [1.807, 2.05) is 0 Å². The molecule has 2 aliphatic rings. The van der Waals surface area contributed by atoms with Gasteiger partial charge >= 0.3 is 0 Å². The number of hydrogen-bond acceptors (Lipinski definition) is 3. The molecule has 2 fully saturated rings. The maximum absolute atomic E-state index is 12.3. The van der Waals surface area contributed by atoms with Crippen molar-refractivity contribution in [2.24, 2.45) is 17.6 Å². The van der Waals surface area contributed by atoms with Gasteiger partial charge in [-0.2, -0.15) is 0 Å². The second-order valence-electron chi connectivity index (χ2n) is 6.12. The van der Waals surface area contributed by atoms with Crippen LogP contribution in [-0.4, -0.2) is 42.5 Å². The van der Waals surface area contributed by atoms with Crippen molar-refractivity contribution in [1.82, 2.24) is 10.2 Å². The van der Waals surface area contributed by atoms with Gasteiger partial charge in [0.2, 0.25) is 5.91 Å². The molecule has 1 aliphatic carbocycles. The average molecular weight is 253 g/mol. The predicted molar refractivity (Wildman–Crippen MR) is 73.2 cm³/mol. The van der Waals surface area contributed by atoms with Crippen LogP contribution >= 0.6 is 0 Å². The van der Waals surface area contributed by atoms with Gasteiger partial charge in [0, 0.05) is 26.2 Å². The highest BCUT2D eigenvalue weighted by molar-refractivity contribution is 5.85. The summed E-state index contributed by atoms with van der Waals surface area (Å²) in [6.07, 6.45) is 4.47. The highest BCUT2D eigenvalue weighted by Gasteiger charge is 2.50. The normalized spacial score (nSPS) is 34.7. The van der Waals surface area contributed by atoms with Crippen molar-refractivity contribution < 1.29 is 4.79 Å². The molecule has 1 amide bonds. The van der Waals surface area contributed by atoms with Crippen LogP contribution in [0.4, 0.5) is 0 Å². The molecule has 0 spiro atoms. The van der Waals surface area contributed by atoms with Crippen LogP contribution in [0.15, 0.2) is 0 Å². The topological polar surface area (TPSA) is 58.4 Å². The first-order valence-electron chi connectivity index (χ1n) is 7.34. The van der Waals surface area contributed by atoms with Crippen molar-refractivity contribution in [3.05, 3.63) is 0 Å². The summed E-state index contributed by atoms with van der Waals surface area (Å²) >= 11 is 0. The van der Waals surface area contributed by atoms with E-state index >= 15 is 0 Å². The number of piperazine rings is 1. The second kappa shape index (κ2) is 5.57. The molecule has 1 saturated carbocycles. The van der Waals surface area contributed by atoms with Gasteiger partial charge < -0.3 is 11.1 Å². The third kappa shape index (κ3) is 2.28. The Bertz CT molecular complexity index is 299. The molecule has 4 nitrogen and oxygen atoms in total. The van der Waals surface area contributed by atoms with E-state index in [1.165, 1.54) is 6.42 Å². The molecular formula is C14H27N3O. The number of hydrogen-bond donors (Lipinski definition) is 2. The summed E-state index contributed by atoms with van der Waals surface area (Å²) in [4.78, 5) is 14.6. The molecule has 0 aromatic rings. The molecule has 2 atom stereocenters. The molecule has 3 N–H and O–H groups in total. The van der Waals surface area contributed by atoms with Gasteiger partial charge in [-0.05, 0) is 24.7 Å². The third-order valence-electron chi connectivity index (χ3n) is 4.85. The first-order chi connectivity index (χ1) is 8.59. The lowest BCUT2D eigenvalue weighted by molar-refractivity contribution is -0.140. The first kappa shape index (κ1) is 13.8. The zero-order chi connectivity index (χ0) is 13.2. The van der Waals surface area contributed by atoms with Crippen LogP contribution in [0.1, 0.15) is 39.5 Å². The van der Waals surface area contributed by atoms with E-state index in [9.17, 15) is 4.79 Å². The van der Waals surface area contributed by atoms with Gasteiger partial charge in [-0.3, -0.25) is 9.69 Å². The molecule has 104 valence electrons. The minimum Gasteiger partial charge on any atom is -0.368 e. The average Bonchev–Trinajstić information content (AvgIpc) is 2.39. The number of rotatable bonds is 3. The molecule has 1 aliphatic heterocycles. The standard InChI is InChI=1S/C14H27N3O/c1-11(2)12-5-3-4-6-14(12,13(15)18)17-9-7-16-8-10-17/h11-12,16H,3-10H2,1-2H3,(H2,15,18). The summed E-state index contributed by atoms with van der Waals surface area (Å²) in [5, 5.41) is 3.36. The Labute approximate surface area is 110 Å². The van der Waals surface area contributed by atoms with Gasteiger partial charge in [-0.25, -0.2) is 0 Å². The lowest BCUT2D eigenvalue weighted by atomic mass is 9.66. The Kier molecular flexibility index (Phi) is 4.28. The Morgan fingerprint density at radius 3 is 2.56 bits per heavy atom. The molecule has 1 saturated heterocycles. The predicted octanol–water partition coefficient (Wildman–Crippen LogP) is 0.962. The van der Waals surface area contributed by atoms with Crippen LogP contribution in [0.3, 0.4) is 0 Å². The summed E-state index contributed by atoms with van der Waals surface area (Å²) in [5.74, 6) is 0.845. The Morgan fingerprint density at radius 2 is 2.00 bits per heavy atom. The van der Waals surface area contributed by atoms with Crippen LogP contribution in [0.5, 0.6) is 0 Å². The summed E-state index contributed by atoms with van der Waals surface area (Å²) in [5.41, 5.74) is 5.48. The van der Waals surface area contributed by atoms with Crippen LogP contribution in [0.2, 0.25) is 0 Å². The summed E-state index contributed by atoms with van der Waals surface area (Å²) in [6.45, 7) is 8.31. The Balaban J connectivity index is 2.30. The molecule has 2 rings (SSSR count). The number of amides is 1. The number of primary amides is 1. The van der Waals surface area contributed by atoms with E-state index in [-0.39, 0.29) is 11.4 Å². The second-order valence-corrected chi connectivity index (χ2v) is 6.12. The lowest BCUT2D eigenvalue weighted by Crippen LogP contribution is -2.67. The van der Waals surface area contributed by atoms with E-state index in [0.717, 1.165) is 45.4 Å². The van der Waals surface area contributed by atoms with E-state index in [1.54, 1.807) is 0 Å². The molecule has 0 bridgehead atoms. The minimum absolute atomic E-state index is 0.0946. The fourth-order valence-electron chi connectivity index (χ4n) is 3.99. The van der Waals surface area contributed by atoms with Gasteiger partial charge in [-0.1, -0.05) is 26.7 Å². The monoisotopic (exact) mass is 253 g/mol. The van der Waals surface area contributed by atoms with Crippen molar-refractivity contribution in [1.29, 1.82) is 0 Å². The maximum atomic E-state index is 12.3. The van der Waals surface area contributed by atoms with Crippen molar-refractivity contribution in [2.45, 2.75) is 45.1 Å². The molecule has 0 radical (unpaired) electrons. The number of nitrogens with two attached hydrogens (primary N) is 1. The fraction of sp³-hybridized carbons (Fsp3) is 0.929. The van der Waals surface area contributed by atoms with Gasteiger partial charge in [0.25, 0.3) is 0 Å². The molecule has 0 aromatic heterocycles. The van der Waals surface area contributed by atoms with E-state index < -0.39 is 0 Å². The van der Waals surface area contributed by atoms with Gasteiger partial charge in [-0.15, -0.1) is 0 Å². The summed E-state index contributed by atoms with van der Waals surface area (Å²) < 4.78 is 0. The molecular weight excluding hydrogens is 226 g/mol. The quantitative estimate of drug-likeness (QED) is 0.788. The maximum Gasteiger partial charge on any atom is 0.238 e. The lowest BCUT2D eigenvalue weighted by Gasteiger charge is -2.52. The zero-order valence-electron chi connectivity index (χ0n) is 11.7. The molecule has 18 heavy (non-hydrogen) atoms. The Morgan fingerprint density at radius 1 is 1.33 bits per heavy atom. The number of nitrogens with zero attached hydrogens (tertiary/aromatic N) is 1. The van der Waals surface area contributed by atoms with Crippen molar-refractivity contribution in [3.8, 4) is 0 Å². The number of carbonyl (C=O) groups is 1. The molecule has 2 unspecified atom stereocenters. The minimum atomic E-state index is -0.380. The van der Waals surface area contributed by atoms with E-state index in [2.05, 4.69) is 24.1 Å². The van der Waals surface area contributed by atoms with Crippen molar-refractivity contribution >= 4 is 5.91 Å². The number of carbonyl (C=O) groups excluding carboxylic acids is 1. The highest BCUT2D eigenvalue weighted by atomic mass is 16.1. The van der Waals surface area contributed by atoms with Gasteiger partial charge in [0.1, 0.15) is 5.54 Å². The summed E-state index contributed by atoms with van der Waals surface area (Å²) in [7, 11) is 0. The molecule has 4 heteroatoms. The largest absolute Gasteiger partial charge is 0.368 e. The molecule has 1 heterocycles.